The highest BCUT2D eigenvalue weighted by Crippen LogP contribution is 2.33. The molecule has 1 aromatic heterocycles. The zero-order valence-electron chi connectivity index (χ0n) is 20.7. The maximum atomic E-state index is 13.0. The molecule has 4 atom stereocenters. The van der Waals surface area contributed by atoms with Crippen LogP contribution in [0.25, 0.3) is 0 Å². The number of alkyl halides is 3. The molecule has 1 aliphatic carbocycles. The van der Waals surface area contributed by atoms with Crippen LogP contribution in [0.15, 0.2) is 12.3 Å². The topological polar surface area (TPSA) is 54.5 Å². The van der Waals surface area contributed by atoms with Crippen molar-refractivity contribution in [1.82, 2.24) is 15.2 Å². The second-order valence-corrected chi connectivity index (χ2v) is 8.89. The molecule has 1 aromatic rings. The van der Waals surface area contributed by atoms with Gasteiger partial charge in [0, 0.05) is 56.0 Å². The highest BCUT2D eigenvalue weighted by molar-refractivity contribution is 5.79. The lowest BCUT2D eigenvalue weighted by Crippen LogP contribution is -2.42. The van der Waals surface area contributed by atoms with Crippen LogP contribution in [-0.2, 0) is 28.7 Å². The maximum Gasteiger partial charge on any atom is 0.417 e. The number of amides is 1. The molecule has 4 rings (SSSR count). The predicted molar refractivity (Wildman–Crippen MR) is 124 cm³/mol. The van der Waals surface area contributed by atoms with Gasteiger partial charge in [-0.3, -0.25) is 9.78 Å². The molecule has 0 spiro atoms. The van der Waals surface area contributed by atoms with Gasteiger partial charge in [0.1, 0.15) is 0 Å². The molecule has 0 aromatic carbocycles. The van der Waals surface area contributed by atoms with Gasteiger partial charge in [-0.15, -0.1) is 0 Å². The van der Waals surface area contributed by atoms with Gasteiger partial charge in [0.05, 0.1) is 11.7 Å². The normalized spacial score (nSPS) is 26.6. The Morgan fingerprint density at radius 1 is 1.24 bits per heavy atom. The fourth-order valence-corrected chi connectivity index (χ4v) is 4.64. The standard InChI is InChI=1S/C20H26F3N3O2.C3H8.C2H6/c1-12-17(5-7-28-12)25-16-3-2-13(9-16)19(27)26-6-4-18-14(11-26)8-15(10-24-18)20(21,22)23;1-3-2;1-2/h8,10,12-13,16-17,25H,2-7,9,11H2,1H3;3H2,1-2H3;1-2H3. The first kappa shape index (κ1) is 27.6. The Morgan fingerprint density at radius 2 is 1.94 bits per heavy atom. The summed E-state index contributed by atoms with van der Waals surface area (Å²) in [7, 11) is 0. The quantitative estimate of drug-likeness (QED) is 0.645. The number of ether oxygens (including phenoxy) is 1. The van der Waals surface area contributed by atoms with E-state index in [9.17, 15) is 18.0 Å². The molecule has 5 nitrogen and oxygen atoms in total. The third-order valence-corrected chi connectivity index (χ3v) is 6.29. The van der Waals surface area contributed by atoms with Crippen molar-refractivity contribution in [2.24, 2.45) is 5.92 Å². The second-order valence-electron chi connectivity index (χ2n) is 8.89. The molecule has 33 heavy (non-hydrogen) atoms. The smallest absolute Gasteiger partial charge is 0.377 e. The fourth-order valence-electron chi connectivity index (χ4n) is 4.64. The minimum atomic E-state index is -4.42. The SMILES string of the molecule is CC.CC1OCCC1NC1CCC(C(=O)N2CCc3ncc(C(F)(F)F)cc3C2)C1.CCC. The van der Waals surface area contributed by atoms with Gasteiger partial charge in [-0.1, -0.05) is 34.1 Å². The Morgan fingerprint density at radius 3 is 2.55 bits per heavy atom. The van der Waals surface area contributed by atoms with Crippen LogP contribution in [0.1, 0.15) is 83.5 Å². The number of halogens is 3. The third kappa shape index (κ3) is 7.41. The number of aromatic nitrogens is 1. The first-order valence-corrected chi connectivity index (χ1v) is 12.4. The second kappa shape index (κ2) is 12.7. The first-order valence-electron chi connectivity index (χ1n) is 12.4. The predicted octanol–water partition coefficient (Wildman–Crippen LogP) is 5.36. The van der Waals surface area contributed by atoms with Crippen LogP contribution in [0, 0.1) is 5.92 Å². The van der Waals surface area contributed by atoms with E-state index in [1.165, 1.54) is 6.42 Å². The number of fused-ring (bicyclic) bond motifs is 1. The lowest BCUT2D eigenvalue weighted by Gasteiger charge is -2.31. The summed E-state index contributed by atoms with van der Waals surface area (Å²) in [4.78, 5) is 18.7. The van der Waals surface area contributed by atoms with Gasteiger partial charge in [-0.25, -0.2) is 0 Å². The molecule has 4 unspecified atom stereocenters. The van der Waals surface area contributed by atoms with Gasteiger partial charge in [0.2, 0.25) is 5.91 Å². The molecule has 0 radical (unpaired) electrons. The number of nitrogens with zero attached hydrogens (tertiary/aromatic N) is 2. The molecular weight excluding hydrogens is 431 g/mol. The fraction of sp³-hybridized carbons (Fsp3) is 0.760. The van der Waals surface area contributed by atoms with Crippen LogP contribution in [0.4, 0.5) is 13.2 Å². The molecule has 0 bridgehead atoms. The molecule has 3 aliphatic rings. The molecule has 2 aliphatic heterocycles. The first-order chi connectivity index (χ1) is 15.7. The molecule has 2 fully saturated rings. The molecule has 1 saturated carbocycles. The Hall–Kier alpha value is -1.67. The Bertz CT molecular complexity index is 757. The number of carbonyl (C=O) groups excluding carboxylic acids is 1. The Labute approximate surface area is 196 Å². The molecule has 188 valence electrons. The highest BCUT2D eigenvalue weighted by atomic mass is 19.4. The number of hydrogen-bond acceptors (Lipinski definition) is 4. The Kier molecular flexibility index (Phi) is 10.6. The molecule has 1 N–H and O–H groups in total. The van der Waals surface area contributed by atoms with E-state index in [1.807, 2.05) is 13.8 Å². The number of carbonyl (C=O) groups is 1. The molecule has 3 heterocycles. The van der Waals surface area contributed by atoms with E-state index in [0.717, 1.165) is 44.6 Å². The minimum absolute atomic E-state index is 0.0584. The third-order valence-electron chi connectivity index (χ3n) is 6.29. The average molecular weight is 472 g/mol. The zero-order valence-corrected chi connectivity index (χ0v) is 20.7. The van der Waals surface area contributed by atoms with Gasteiger partial charge in [-0.05, 0) is 44.2 Å². The lowest BCUT2D eigenvalue weighted by molar-refractivity contribution is -0.137. The summed E-state index contributed by atoms with van der Waals surface area (Å²) in [6.07, 6.45) is 1.97. The van der Waals surface area contributed by atoms with Crippen molar-refractivity contribution in [3.63, 3.8) is 0 Å². The Balaban J connectivity index is 0.000000714. The average Bonchev–Trinajstić information content (AvgIpc) is 3.43. The maximum absolute atomic E-state index is 13.0. The van der Waals surface area contributed by atoms with Gasteiger partial charge < -0.3 is 15.0 Å². The molecular formula is C25H40F3N3O2. The zero-order chi connectivity index (χ0) is 24.6. The van der Waals surface area contributed by atoms with Crippen LogP contribution in [0.5, 0.6) is 0 Å². The van der Waals surface area contributed by atoms with Gasteiger partial charge in [-0.2, -0.15) is 13.2 Å². The van der Waals surface area contributed by atoms with Crippen LogP contribution in [0.3, 0.4) is 0 Å². The van der Waals surface area contributed by atoms with E-state index >= 15 is 0 Å². The monoisotopic (exact) mass is 471 g/mol. The largest absolute Gasteiger partial charge is 0.417 e. The van der Waals surface area contributed by atoms with Crippen LogP contribution in [0.2, 0.25) is 0 Å². The van der Waals surface area contributed by atoms with Crippen LogP contribution in [-0.4, -0.2) is 47.1 Å². The van der Waals surface area contributed by atoms with Gasteiger partial charge in [0.25, 0.3) is 0 Å². The summed E-state index contributed by atoms with van der Waals surface area (Å²) in [5.74, 6) is -0.00137. The number of hydrogen-bond donors (Lipinski definition) is 1. The van der Waals surface area contributed by atoms with Gasteiger partial charge >= 0.3 is 6.18 Å². The summed E-state index contributed by atoms with van der Waals surface area (Å²) in [6.45, 7) is 11.8. The van der Waals surface area contributed by atoms with Gasteiger partial charge in [0.15, 0.2) is 0 Å². The number of nitrogens with one attached hydrogen (secondary N) is 1. The van der Waals surface area contributed by atoms with Crippen molar-refractivity contribution in [1.29, 1.82) is 0 Å². The molecule has 1 amide bonds. The molecule has 1 saturated heterocycles. The highest BCUT2D eigenvalue weighted by Gasteiger charge is 2.37. The van der Waals surface area contributed by atoms with E-state index in [0.29, 0.717) is 36.3 Å². The van der Waals surface area contributed by atoms with Crippen molar-refractivity contribution in [3.05, 3.63) is 29.1 Å². The van der Waals surface area contributed by atoms with Crippen molar-refractivity contribution < 1.29 is 22.7 Å². The van der Waals surface area contributed by atoms with E-state index in [4.69, 9.17) is 4.74 Å². The van der Waals surface area contributed by atoms with Crippen LogP contribution >= 0.6 is 0 Å². The summed E-state index contributed by atoms with van der Waals surface area (Å²) in [5, 5.41) is 3.62. The van der Waals surface area contributed by atoms with E-state index in [-0.39, 0.29) is 24.5 Å². The van der Waals surface area contributed by atoms with Crippen molar-refractivity contribution >= 4 is 5.91 Å². The van der Waals surface area contributed by atoms with Crippen molar-refractivity contribution in [3.8, 4) is 0 Å². The minimum Gasteiger partial charge on any atom is -0.377 e. The van der Waals surface area contributed by atoms with Crippen molar-refractivity contribution in [2.75, 3.05) is 13.2 Å². The van der Waals surface area contributed by atoms with Crippen LogP contribution < -0.4 is 5.32 Å². The molecule has 8 heteroatoms. The summed E-state index contributed by atoms with van der Waals surface area (Å²) in [5.41, 5.74) is 0.427. The van der Waals surface area contributed by atoms with E-state index < -0.39 is 11.7 Å². The van der Waals surface area contributed by atoms with E-state index in [2.05, 4.69) is 31.1 Å². The van der Waals surface area contributed by atoms with E-state index in [1.54, 1.807) is 4.90 Å². The summed E-state index contributed by atoms with van der Waals surface area (Å²) >= 11 is 0. The number of pyridine rings is 1. The lowest BCUT2D eigenvalue weighted by atomic mass is 10.00. The number of rotatable bonds is 3. The summed E-state index contributed by atoms with van der Waals surface area (Å²) < 4.78 is 44.5. The van der Waals surface area contributed by atoms with Crippen molar-refractivity contribution in [2.45, 2.75) is 104 Å². The summed E-state index contributed by atoms with van der Waals surface area (Å²) in [6, 6.07) is 1.79.